The number of hydrogen-bond donors (Lipinski definition) is 2. The molecule has 0 aliphatic heterocycles. The van der Waals surface area contributed by atoms with Gasteiger partial charge in [-0.15, -0.1) is 0 Å². The zero-order valence-corrected chi connectivity index (χ0v) is 11.3. The Kier molecular flexibility index (Phi) is 4.93. The van der Waals surface area contributed by atoms with Crippen molar-refractivity contribution in [2.75, 3.05) is 13.6 Å². The number of carbonyl (C=O) groups is 1. The van der Waals surface area contributed by atoms with Gasteiger partial charge in [-0.05, 0) is 29.3 Å². The largest absolute Gasteiger partial charge is 0.359 e. The van der Waals surface area contributed by atoms with E-state index in [2.05, 4.69) is 53.1 Å². The lowest BCUT2D eigenvalue weighted by molar-refractivity contribution is -0.120. The molecule has 3 heteroatoms. The van der Waals surface area contributed by atoms with Gasteiger partial charge in [0.2, 0.25) is 5.91 Å². The van der Waals surface area contributed by atoms with Crippen molar-refractivity contribution in [1.82, 2.24) is 10.6 Å². The topological polar surface area (TPSA) is 41.1 Å². The fourth-order valence-corrected chi connectivity index (χ4v) is 2.17. The van der Waals surface area contributed by atoms with Gasteiger partial charge < -0.3 is 10.6 Å². The Morgan fingerprint density at radius 3 is 2.74 bits per heavy atom. The highest BCUT2D eigenvalue weighted by atomic mass is 16.1. The van der Waals surface area contributed by atoms with Crippen LogP contribution in [0.15, 0.2) is 42.5 Å². The Morgan fingerprint density at radius 1 is 1.11 bits per heavy atom. The molecule has 0 unspecified atom stereocenters. The van der Waals surface area contributed by atoms with Crippen LogP contribution >= 0.6 is 0 Å². The molecule has 0 aliphatic rings. The maximum atomic E-state index is 11.1. The summed E-state index contributed by atoms with van der Waals surface area (Å²) in [6.45, 7) is 1.70. The smallest absolute Gasteiger partial charge is 0.219 e. The van der Waals surface area contributed by atoms with Crippen LogP contribution in [0.3, 0.4) is 0 Å². The van der Waals surface area contributed by atoms with Crippen LogP contribution < -0.4 is 10.6 Å². The van der Waals surface area contributed by atoms with Crippen LogP contribution in [0, 0.1) is 0 Å². The van der Waals surface area contributed by atoms with Gasteiger partial charge in [0.25, 0.3) is 0 Å². The highest BCUT2D eigenvalue weighted by Gasteiger charge is 2.00. The Labute approximate surface area is 114 Å². The van der Waals surface area contributed by atoms with Gasteiger partial charge >= 0.3 is 0 Å². The molecule has 0 saturated carbocycles. The fraction of sp³-hybridized carbons (Fsp3) is 0.312. The highest BCUT2D eigenvalue weighted by Crippen LogP contribution is 2.18. The molecular weight excluding hydrogens is 236 g/mol. The van der Waals surface area contributed by atoms with E-state index in [0.717, 1.165) is 19.5 Å². The molecule has 0 spiro atoms. The first-order chi connectivity index (χ1) is 9.31. The van der Waals surface area contributed by atoms with Gasteiger partial charge in [0.15, 0.2) is 0 Å². The Balaban J connectivity index is 1.86. The minimum absolute atomic E-state index is 0.104. The van der Waals surface area contributed by atoms with Gasteiger partial charge in [0.05, 0.1) is 0 Å². The molecule has 0 saturated heterocycles. The normalized spacial score (nSPS) is 10.6. The van der Waals surface area contributed by atoms with Gasteiger partial charge in [-0.1, -0.05) is 42.5 Å². The third-order valence-corrected chi connectivity index (χ3v) is 3.23. The van der Waals surface area contributed by atoms with E-state index in [-0.39, 0.29) is 5.91 Å². The van der Waals surface area contributed by atoms with E-state index in [1.807, 2.05) is 0 Å². The minimum atomic E-state index is 0.104. The lowest BCUT2D eigenvalue weighted by atomic mass is 10.0. The van der Waals surface area contributed by atoms with Crippen molar-refractivity contribution < 1.29 is 4.79 Å². The summed E-state index contributed by atoms with van der Waals surface area (Å²) < 4.78 is 0. The summed E-state index contributed by atoms with van der Waals surface area (Å²) in [5.74, 6) is 0.104. The molecule has 0 bridgehead atoms. The number of benzene rings is 2. The van der Waals surface area contributed by atoms with E-state index >= 15 is 0 Å². The zero-order chi connectivity index (χ0) is 13.5. The van der Waals surface area contributed by atoms with Crippen molar-refractivity contribution in [3.8, 4) is 0 Å². The molecule has 0 aliphatic carbocycles. The molecule has 2 aromatic rings. The molecule has 2 rings (SSSR count). The lowest BCUT2D eigenvalue weighted by Gasteiger charge is -2.08. The number of rotatable bonds is 6. The van der Waals surface area contributed by atoms with Gasteiger partial charge in [-0.2, -0.15) is 0 Å². The maximum absolute atomic E-state index is 11.1. The van der Waals surface area contributed by atoms with Crippen molar-refractivity contribution in [2.24, 2.45) is 0 Å². The van der Waals surface area contributed by atoms with Crippen LogP contribution in [0.5, 0.6) is 0 Å². The Morgan fingerprint density at radius 2 is 1.89 bits per heavy atom. The molecule has 1 amide bonds. The summed E-state index contributed by atoms with van der Waals surface area (Å²) >= 11 is 0. The molecular formula is C16H20N2O. The van der Waals surface area contributed by atoms with Crippen LogP contribution in [0.2, 0.25) is 0 Å². The number of nitrogens with one attached hydrogen (secondary N) is 2. The summed E-state index contributed by atoms with van der Waals surface area (Å²) in [4.78, 5) is 11.1. The average molecular weight is 256 g/mol. The lowest BCUT2D eigenvalue weighted by Crippen LogP contribution is -2.21. The first-order valence-corrected chi connectivity index (χ1v) is 6.69. The Bertz CT molecular complexity index is 546. The van der Waals surface area contributed by atoms with Crippen molar-refractivity contribution in [2.45, 2.75) is 19.4 Å². The van der Waals surface area contributed by atoms with Gasteiger partial charge in [-0.3, -0.25) is 4.79 Å². The molecule has 0 aromatic heterocycles. The summed E-state index contributed by atoms with van der Waals surface area (Å²) in [6, 6.07) is 14.8. The predicted octanol–water partition coefficient (Wildman–Crippen LogP) is 2.46. The zero-order valence-electron chi connectivity index (χ0n) is 11.3. The first-order valence-electron chi connectivity index (χ1n) is 6.69. The van der Waals surface area contributed by atoms with Crippen molar-refractivity contribution in [3.05, 3.63) is 48.0 Å². The van der Waals surface area contributed by atoms with Gasteiger partial charge in [0, 0.05) is 20.0 Å². The van der Waals surface area contributed by atoms with E-state index in [4.69, 9.17) is 0 Å². The fourth-order valence-electron chi connectivity index (χ4n) is 2.17. The summed E-state index contributed by atoms with van der Waals surface area (Å²) in [6.07, 6.45) is 1.45. The van der Waals surface area contributed by atoms with Crippen molar-refractivity contribution >= 4 is 16.7 Å². The third-order valence-electron chi connectivity index (χ3n) is 3.23. The molecule has 3 nitrogen and oxygen atoms in total. The van der Waals surface area contributed by atoms with Crippen LogP contribution in [-0.2, 0) is 11.3 Å². The van der Waals surface area contributed by atoms with Crippen LogP contribution in [0.25, 0.3) is 10.8 Å². The first kappa shape index (κ1) is 13.6. The maximum Gasteiger partial charge on any atom is 0.219 e. The number of amides is 1. The van der Waals surface area contributed by atoms with E-state index in [1.165, 1.54) is 16.3 Å². The predicted molar refractivity (Wildman–Crippen MR) is 79.0 cm³/mol. The van der Waals surface area contributed by atoms with Crippen molar-refractivity contribution in [3.63, 3.8) is 0 Å². The molecule has 0 heterocycles. The molecule has 0 fully saturated rings. The van der Waals surface area contributed by atoms with Gasteiger partial charge in [0.1, 0.15) is 0 Å². The quantitative estimate of drug-likeness (QED) is 0.779. The van der Waals surface area contributed by atoms with Crippen LogP contribution in [-0.4, -0.2) is 19.5 Å². The second-order valence-corrected chi connectivity index (χ2v) is 4.59. The molecule has 2 aromatic carbocycles. The highest BCUT2D eigenvalue weighted by molar-refractivity contribution is 5.85. The van der Waals surface area contributed by atoms with Crippen molar-refractivity contribution in [1.29, 1.82) is 0 Å². The summed E-state index contributed by atoms with van der Waals surface area (Å²) in [5.41, 5.74) is 1.30. The monoisotopic (exact) mass is 256 g/mol. The minimum Gasteiger partial charge on any atom is -0.359 e. The second-order valence-electron chi connectivity index (χ2n) is 4.59. The molecule has 0 radical (unpaired) electrons. The van der Waals surface area contributed by atoms with E-state index in [0.29, 0.717) is 6.42 Å². The summed E-state index contributed by atoms with van der Waals surface area (Å²) in [7, 11) is 1.67. The second kappa shape index (κ2) is 6.90. The molecule has 19 heavy (non-hydrogen) atoms. The third kappa shape index (κ3) is 3.80. The van der Waals surface area contributed by atoms with E-state index in [9.17, 15) is 4.79 Å². The number of hydrogen-bond acceptors (Lipinski definition) is 2. The standard InChI is InChI=1S/C16H20N2O/c1-17-16(19)10-5-11-18-12-14-8-4-7-13-6-2-3-9-15(13)14/h2-4,6-9,18H,5,10-12H2,1H3,(H,17,19). The van der Waals surface area contributed by atoms with Crippen LogP contribution in [0.4, 0.5) is 0 Å². The molecule has 100 valence electrons. The van der Waals surface area contributed by atoms with Crippen LogP contribution in [0.1, 0.15) is 18.4 Å². The average Bonchev–Trinajstić information content (AvgIpc) is 2.46. The number of carbonyl (C=O) groups excluding carboxylic acids is 1. The SMILES string of the molecule is CNC(=O)CCCNCc1cccc2ccccc12. The molecule has 0 atom stereocenters. The molecule has 2 N–H and O–H groups in total. The van der Waals surface area contributed by atoms with E-state index in [1.54, 1.807) is 7.05 Å². The Hall–Kier alpha value is -1.87. The number of fused-ring (bicyclic) bond motifs is 1. The van der Waals surface area contributed by atoms with E-state index < -0.39 is 0 Å². The summed E-state index contributed by atoms with van der Waals surface area (Å²) in [5, 5.41) is 8.59. The van der Waals surface area contributed by atoms with Gasteiger partial charge in [-0.25, -0.2) is 0 Å².